The normalized spacial score (nSPS) is 10.2. The maximum Gasteiger partial charge on any atom is 0.119 e. The van der Waals surface area contributed by atoms with Crippen LogP contribution in [0.3, 0.4) is 0 Å². The topological polar surface area (TPSA) is 23.8 Å². The van der Waals surface area contributed by atoms with Gasteiger partial charge in [0.25, 0.3) is 0 Å². The summed E-state index contributed by atoms with van der Waals surface area (Å²) in [5, 5.41) is 10.1. The Labute approximate surface area is 94.1 Å². The van der Waals surface area contributed by atoms with Crippen molar-refractivity contribution in [2.75, 3.05) is 0 Å². The molecule has 0 saturated carbocycles. The third-order valence-electron chi connectivity index (χ3n) is 1.97. The van der Waals surface area contributed by atoms with Crippen molar-refractivity contribution >= 4 is 44.0 Å². The first kappa shape index (κ1) is 8.97. The highest BCUT2D eigenvalue weighted by atomic mass is 127. The van der Waals surface area contributed by atoms with E-state index in [-0.39, 0.29) is 0 Å². The van der Waals surface area contributed by atoms with Crippen LogP contribution in [0.15, 0.2) is 18.2 Å². The Kier molecular flexibility index (Phi) is 2.26. The van der Waals surface area contributed by atoms with Gasteiger partial charge in [-0.25, -0.2) is 0 Å². The minimum absolute atomic E-state index is 0.824. The molecule has 64 valence electrons. The summed E-state index contributed by atoms with van der Waals surface area (Å²) in [4.78, 5) is 0.824. The first-order valence-corrected chi connectivity index (χ1v) is 5.71. The van der Waals surface area contributed by atoms with Crippen LogP contribution < -0.4 is 0 Å². The molecule has 0 spiro atoms. The van der Waals surface area contributed by atoms with Crippen LogP contribution in [-0.4, -0.2) is 0 Å². The minimum Gasteiger partial charge on any atom is -0.191 e. The molecule has 1 nitrogen and oxygen atoms in total. The third-order valence-corrected chi connectivity index (χ3v) is 4.47. The van der Waals surface area contributed by atoms with E-state index in [0.717, 1.165) is 8.45 Å². The molecule has 2 rings (SSSR count). The average molecular weight is 299 g/mol. The maximum atomic E-state index is 8.87. The van der Waals surface area contributed by atoms with Crippen molar-refractivity contribution in [1.29, 1.82) is 5.26 Å². The summed E-state index contributed by atoms with van der Waals surface area (Å²) in [6.07, 6.45) is 0. The van der Waals surface area contributed by atoms with Crippen LogP contribution in [-0.2, 0) is 0 Å². The molecule has 1 aromatic heterocycles. The van der Waals surface area contributed by atoms with E-state index in [0.29, 0.717) is 0 Å². The molecule has 1 aromatic carbocycles. The predicted molar refractivity (Wildman–Crippen MR) is 64.0 cm³/mol. The predicted octanol–water partition coefficient (Wildman–Crippen LogP) is 3.69. The zero-order valence-electron chi connectivity index (χ0n) is 6.97. The number of hydrogen-bond donors (Lipinski definition) is 0. The van der Waals surface area contributed by atoms with Gasteiger partial charge >= 0.3 is 0 Å². The number of fused-ring (bicyclic) bond motifs is 1. The Morgan fingerprint density at radius 3 is 2.85 bits per heavy atom. The molecule has 0 radical (unpaired) electrons. The van der Waals surface area contributed by atoms with Gasteiger partial charge in [0.05, 0.1) is 0 Å². The standard InChI is InChI=1S/C10H6INS/c1-6-3-2-4-7-9(6)10(11)8(5-12)13-7/h2-4H,1H3. The van der Waals surface area contributed by atoms with Crippen LogP contribution in [0.5, 0.6) is 0 Å². The van der Waals surface area contributed by atoms with Crippen molar-refractivity contribution in [2.24, 2.45) is 0 Å². The van der Waals surface area contributed by atoms with Gasteiger partial charge in [-0.1, -0.05) is 12.1 Å². The summed E-state index contributed by atoms with van der Waals surface area (Å²) < 4.78 is 2.30. The summed E-state index contributed by atoms with van der Waals surface area (Å²) in [6, 6.07) is 8.40. The Balaban J connectivity index is 2.95. The quantitative estimate of drug-likeness (QED) is 0.681. The van der Waals surface area contributed by atoms with Crippen LogP contribution in [0.2, 0.25) is 0 Å². The molecule has 0 N–H and O–H groups in total. The molecular weight excluding hydrogens is 293 g/mol. The maximum absolute atomic E-state index is 8.87. The lowest BCUT2D eigenvalue weighted by atomic mass is 10.1. The van der Waals surface area contributed by atoms with Crippen molar-refractivity contribution in [3.05, 3.63) is 32.2 Å². The summed E-state index contributed by atoms with van der Waals surface area (Å²) >= 11 is 3.82. The minimum atomic E-state index is 0.824. The van der Waals surface area contributed by atoms with E-state index in [9.17, 15) is 0 Å². The number of nitrogens with zero attached hydrogens (tertiary/aromatic N) is 1. The highest BCUT2D eigenvalue weighted by molar-refractivity contribution is 14.1. The van der Waals surface area contributed by atoms with Crippen LogP contribution in [0.25, 0.3) is 10.1 Å². The van der Waals surface area contributed by atoms with Crippen LogP contribution >= 0.6 is 33.9 Å². The highest BCUT2D eigenvalue weighted by Crippen LogP contribution is 2.33. The fourth-order valence-corrected chi connectivity index (χ4v) is 3.67. The molecule has 0 bridgehead atoms. The summed E-state index contributed by atoms with van der Waals surface area (Å²) in [5.74, 6) is 0. The summed E-state index contributed by atoms with van der Waals surface area (Å²) in [6.45, 7) is 2.08. The molecule has 3 heteroatoms. The molecule has 0 aliphatic carbocycles. The monoisotopic (exact) mass is 299 g/mol. The highest BCUT2D eigenvalue weighted by Gasteiger charge is 2.10. The number of hydrogen-bond acceptors (Lipinski definition) is 2. The molecule has 0 amide bonds. The second kappa shape index (κ2) is 3.28. The second-order valence-corrected chi connectivity index (χ2v) is 4.94. The van der Waals surface area contributed by atoms with Gasteiger partial charge in [-0.15, -0.1) is 11.3 Å². The molecule has 0 aliphatic rings. The Morgan fingerprint density at radius 2 is 2.23 bits per heavy atom. The smallest absolute Gasteiger partial charge is 0.119 e. The van der Waals surface area contributed by atoms with E-state index in [4.69, 9.17) is 5.26 Å². The van der Waals surface area contributed by atoms with E-state index in [1.165, 1.54) is 15.6 Å². The molecule has 0 saturated heterocycles. The van der Waals surface area contributed by atoms with E-state index >= 15 is 0 Å². The van der Waals surface area contributed by atoms with Gasteiger partial charge in [-0.2, -0.15) is 5.26 Å². The Hall–Kier alpha value is -0.600. The number of aryl methyl sites for hydroxylation is 1. The number of rotatable bonds is 0. The van der Waals surface area contributed by atoms with Gasteiger partial charge < -0.3 is 0 Å². The molecule has 13 heavy (non-hydrogen) atoms. The van der Waals surface area contributed by atoms with Crippen molar-refractivity contribution in [1.82, 2.24) is 0 Å². The lowest BCUT2D eigenvalue weighted by Gasteiger charge is -1.94. The van der Waals surface area contributed by atoms with Gasteiger partial charge in [0.1, 0.15) is 10.9 Å². The number of thiophene rings is 1. The molecule has 0 atom stereocenters. The molecule has 0 fully saturated rings. The number of nitriles is 1. The Morgan fingerprint density at radius 1 is 1.46 bits per heavy atom. The van der Waals surface area contributed by atoms with Crippen molar-refractivity contribution < 1.29 is 0 Å². The summed E-state index contributed by atoms with van der Waals surface area (Å²) in [5.41, 5.74) is 1.25. The van der Waals surface area contributed by atoms with Crippen LogP contribution in [0.1, 0.15) is 10.4 Å². The van der Waals surface area contributed by atoms with E-state index < -0.39 is 0 Å². The Bertz CT molecular complexity index is 507. The number of halogens is 1. The van der Waals surface area contributed by atoms with E-state index in [1.807, 2.05) is 6.07 Å². The van der Waals surface area contributed by atoms with Gasteiger partial charge in [-0.05, 0) is 41.1 Å². The molecule has 1 heterocycles. The fourth-order valence-electron chi connectivity index (χ4n) is 1.35. The van der Waals surface area contributed by atoms with E-state index in [2.05, 4.69) is 47.7 Å². The third kappa shape index (κ3) is 1.34. The average Bonchev–Trinajstić information content (AvgIpc) is 2.44. The number of benzene rings is 1. The SMILES string of the molecule is Cc1cccc2sc(C#N)c(I)c12. The van der Waals surface area contributed by atoms with E-state index in [1.54, 1.807) is 11.3 Å². The second-order valence-electron chi connectivity index (χ2n) is 2.81. The molecule has 2 aromatic rings. The lowest BCUT2D eigenvalue weighted by molar-refractivity contribution is 1.51. The lowest BCUT2D eigenvalue weighted by Crippen LogP contribution is -1.75. The van der Waals surface area contributed by atoms with Crippen LogP contribution in [0, 0.1) is 21.8 Å². The van der Waals surface area contributed by atoms with Crippen molar-refractivity contribution in [2.45, 2.75) is 6.92 Å². The van der Waals surface area contributed by atoms with Gasteiger partial charge in [0, 0.05) is 13.7 Å². The largest absolute Gasteiger partial charge is 0.191 e. The van der Waals surface area contributed by atoms with Crippen molar-refractivity contribution in [3.63, 3.8) is 0 Å². The van der Waals surface area contributed by atoms with Gasteiger partial charge in [0.2, 0.25) is 0 Å². The first-order valence-electron chi connectivity index (χ1n) is 3.81. The van der Waals surface area contributed by atoms with Gasteiger partial charge in [-0.3, -0.25) is 0 Å². The zero-order chi connectivity index (χ0) is 9.42. The fraction of sp³-hybridized carbons (Fsp3) is 0.100. The first-order chi connectivity index (χ1) is 6.24. The van der Waals surface area contributed by atoms with Crippen LogP contribution in [0.4, 0.5) is 0 Å². The molecular formula is C10H6INS. The summed E-state index contributed by atoms with van der Waals surface area (Å²) in [7, 11) is 0. The molecule has 0 unspecified atom stereocenters. The zero-order valence-corrected chi connectivity index (χ0v) is 9.94. The van der Waals surface area contributed by atoms with Gasteiger partial charge in [0.15, 0.2) is 0 Å². The van der Waals surface area contributed by atoms with Crippen molar-refractivity contribution in [3.8, 4) is 6.07 Å². The molecule has 0 aliphatic heterocycles.